The van der Waals surface area contributed by atoms with Gasteiger partial charge in [0.05, 0.1) is 17.6 Å². The Morgan fingerprint density at radius 2 is 1.95 bits per heavy atom. The molecule has 2 aromatic rings. The quantitative estimate of drug-likeness (QED) is 0.920. The van der Waals surface area contributed by atoms with Crippen molar-refractivity contribution in [2.45, 2.75) is 39.7 Å². The number of nitrogens with one attached hydrogen (secondary N) is 1. The molecule has 2 rings (SSSR count). The number of aromatic nitrogens is 4. The maximum atomic E-state index is 12.2. The van der Waals surface area contributed by atoms with Gasteiger partial charge in [-0.05, 0) is 13.8 Å². The lowest BCUT2D eigenvalue weighted by atomic mass is 10.3. The van der Waals surface area contributed by atoms with Crippen molar-refractivity contribution < 1.29 is 13.2 Å². The van der Waals surface area contributed by atoms with Crippen molar-refractivity contribution in [3.8, 4) is 0 Å². The third-order valence-corrected chi connectivity index (χ3v) is 2.78. The van der Waals surface area contributed by atoms with Crippen molar-refractivity contribution in [1.29, 1.82) is 0 Å². The van der Waals surface area contributed by atoms with Crippen LogP contribution < -0.4 is 5.32 Å². The Bertz CT molecular complexity index is 576. The number of rotatable bonds is 5. The van der Waals surface area contributed by atoms with Gasteiger partial charge in [-0.2, -0.15) is 23.4 Å². The highest BCUT2D eigenvalue weighted by Gasteiger charge is 2.28. The lowest BCUT2D eigenvalue weighted by molar-refractivity contribution is -0.142. The van der Waals surface area contributed by atoms with E-state index < -0.39 is 12.7 Å². The molecule has 0 spiro atoms. The first-order valence-electron chi connectivity index (χ1n) is 6.23. The summed E-state index contributed by atoms with van der Waals surface area (Å²) in [5.74, 6) is 0. The maximum Gasteiger partial charge on any atom is 0.408 e. The molecule has 0 aromatic carbocycles. The molecule has 21 heavy (non-hydrogen) atoms. The van der Waals surface area contributed by atoms with E-state index in [9.17, 15) is 13.2 Å². The van der Waals surface area contributed by atoms with E-state index >= 15 is 0 Å². The first kappa shape index (κ1) is 17.4. The second-order valence-corrected chi connectivity index (χ2v) is 4.50. The Hall–Kier alpha value is -1.70. The third kappa shape index (κ3) is 4.96. The molecule has 0 bridgehead atoms. The average molecular weight is 324 g/mol. The molecule has 0 unspecified atom stereocenters. The number of hydrogen-bond donors (Lipinski definition) is 1. The van der Waals surface area contributed by atoms with Crippen molar-refractivity contribution in [2.24, 2.45) is 0 Å². The normalized spacial score (nSPS) is 11.3. The fourth-order valence-corrected chi connectivity index (χ4v) is 1.82. The van der Waals surface area contributed by atoms with Gasteiger partial charge in [-0.25, -0.2) is 0 Å². The van der Waals surface area contributed by atoms with Crippen molar-refractivity contribution in [1.82, 2.24) is 19.6 Å². The van der Waals surface area contributed by atoms with Crippen LogP contribution in [0.3, 0.4) is 0 Å². The van der Waals surface area contributed by atoms with Crippen LogP contribution in [0.2, 0.25) is 0 Å². The molecule has 0 aliphatic rings. The van der Waals surface area contributed by atoms with E-state index in [1.807, 2.05) is 20.0 Å². The molecule has 0 aliphatic carbocycles. The van der Waals surface area contributed by atoms with Crippen LogP contribution >= 0.6 is 12.4 Å². The summed E-state index contributed by atoms with van der Waals surface area (Å²) in [7, 11) is 0. The van der Waals surface area contributed by atoms with E-state index in [0.29, 0.717) is 12.1 Å². The molecule has 0 saturated carbocycles. The topological polar surface area (TPSA) is 47.7 Å². The van der Waals surface area contributed by atoms with Crippen molar-refractivity contribution in [3.05, 3.63) is 29.8 Å². The van der Waals surface area contributed by atoms with Gasteiger partial charge in [0.15, 0.2) is 0 Å². The van der Waals surface area contributed by atoms with E-state index in [0.717, 1.165) is 22.6 Å². The fraction of sp³-hybridized carbons (Fsp3) is 0.500. The van der Waals surface area contributed by atoms with Gasteiger partial charge in [0.2, 0.25) is 0 Å². The lowest BCUT2D eigenvalue weighted by Crippen LogP contribution is -2.17. The summed E-state index contributed by atoms with van der Waals surface area (Å²) in [6.07, 6.45) is 0.434. The summed E-state index contributed by atoms with van der Waals surface area (Å²) in [6, 6.07) is 0. The molecule has 0 fully saturated rings. The molecule has 9 heteroatoms. The zero-order valence-corrected chi connectivity index (χ0v) is 12.5. The fourth-order valence-electron chi connectivity index (χ4n) is 1.82. The zero-order chi connectivity index (χ0) is 14.8. The van der Waals surface area contributed by atoms with Gasteiger partial charge in [0, 0.05) is 31.0 Å². The summed E-state index contributed by atoms with van der Waals surface area (Å²) in [6.45, 7) is 3.97. The van der Waals surface area contributed by atoms with Crippen molar-refractivity contribution in [3.63, 3.8) is 0 Å². The predicted octanol–water partition coefficient (Wildman–Crippen LogP) is 3.00. The third-order valence-electron chi connectivity index (χ3n) is 2.78. The number of hydrogen-bond acceptors (Lipinski definition) is 3. The predicted molar refractivity (Wildman–Crippen MR) is 75.5 cm³/mol. The van der Waals surface area contributed by atoms with Gasteiger partial charge in [0.25, 0.3) is 0 Å². The number of halogens is 4. The number of aryl methyl sites for hydroxylation is 2. The Morgan fingerprint density at radius 1 is 1.24 bits per heavy atom. The molecule has 0 atom stereocenters. The van der Waals surface area contributed by atoms with Crippen LogP contribution in [0.1, 0.15) is 18.2 Å². The molecule has 5 nitrogen and oxygen atoms in total. The zero-order valence-electron chi connectivity index (χ0n) is 11.7. The molecular formula is C12H17ClF3N5. The first-order chi connectivity index (χ1) is 9.37. The van der Waals surface area contributed by atoms with Crippen LogP contribution in [-0.2, 0) is 19.6 Å². The van der Waals surface area contributed by atoms with E-state index in [1.54, 1.807) is 4.68 Å². The monoisotopic (exact) mass is 323 g/mol. The number of anilines is 1. The first-order valence-corrected chi connectivity index (χ1v) is 6.23. The Morgan fingerprint density at radius 3 is 2.52 bits per heavy atom. The Balaban J connectivity index is 0.00000220. The maximum absolute atomic E-state index is 12.2. The van der Waals surface area contributed by atoms with Crippen LogP contribution in [0.15, 0.2) is 18.6 Å². The number of nitrogens with zero attached hydrogens (tertiary/aromatic N) is 4. The SMILES string of the molecule is CCn1cc(NCc2cnn(CC(F)(F)F)c2)c(C)n1.Cl. The minimum Gasteiger partial charge on any atom is -0.378 e. The molecule has 2 heterocycles. The van der Waals surface area contributed by atoms with Gasteiger partial charge in [-0.3, -0.25) is 9.36 Å². The van der Waals surface area contributed by atoms with E-state index in [-0.39, 0.29) is 12.4 Å². The smallest absolute Gasteiger partial charge is 0.378 e. The van der Waals surface area contributed by atoms with Gasteiger partial charge in [-0.1, -0.05) is 0 Å². The van der Waals surface area contributed by atoms with Gasteiger partial charge < -0.3 is 5.32 Å². The summed E-state index contributed by atoms with van der Waals surface area (Å²) < 4.78 is 39.3. The molecule has 0 radical (unpaired) electrons. The Labute approximate surface area is 126 Å². The van der Waals surface area contributed by atoms with Gasteiger partial charge >= 0.3 is 6.18 Å². The molecule has 0 saturated heterocycles. The summed E-state index contributed by atoms with van der Waals surface area (Å²) >= 11 is 0. The highest BCUT2D eigenvalue weighted by Crippen LogP contribution is 2.18. The van der Waals surface area contributed by atoms with E-state index in [2.05, 4.69) is 15.5 Å². The molecule has 118 valence electrons. The van der Waals surface area contributed by atoms with E-state index in [4.69, 9.17) is 0 Å². The highest BCUT2D eigenvalue weighted by atomic mass is 35.5. The van der Waals surface area contributed by atoms with Crippen molar-refractivity contribution >= 4 is 18.1 Å². The molecule has 2 aromatic heterocycles. The largest absolute Gasteiger partial charge is 0.408 e. The molecule has 0 amide bonds. The van der Waals surface area contributed by atoms with Crippen LogP contribution in [0, 0.1) is 6.92 Å². The van der Waals surface area contributed by atoms with Crippen LogP contribution in [0.5, 0.6) is 0 Å². The van der Waals surface area contributed by atoms with Gasteiger partial charge in [0.1, 0.15) is 6.54 Å². The van der Waals surface area contributed by atoms with Crippen LogP contribution in [0.25, 0.3) is 0 Å². The highest BCUT2D eigenvalue weighted by molar-refractivity contribution is 5.85. The second kappa shape index (κ2) is 6.84. The Kier molecular flexibility index (Phi) is 5.65. The summed E-state index contributed by atoms with van der Waals surface area (Å²) in [5.41, 5.74) is 2.42. The standard InChI is InChI=1S/C12H16F3N5.ClH/c1-3-19-7-11(9(2)18-19)16-4-10-5-17-20(6-10)8-12(13,14)15;/h5-7,16H,3-4,8H2,1-2H3;1H. The minimum atomic E-state index is -4.25. The average Bonchev–Trinajstić information content (AvgIpc) is 2.91. The molecular weight excluding hydrogens is 307 g/mol. The molecule has 0 aliphatic heterocycles. The summed E-state index contributed by atoms with van der Waals surface area (Å²) in [5, 5.41) is 11.1. The molecule has 1 N–H and O–H groups in total. The van der Waals surface area contributed by atoms with Crippen molar-refractivity contribution in [2.75, 3.05) is 5.32 Å². The van der Waals surface area contributed by atoms with Crippen LogP contribution in [-0.4, -0.2) is 25.7 Å². The summed E-state index contributed by atoms with van der Waals surface area (Å²) in [4.78, 5) is 0. The lowest BCUT2D eigenvalue weighted by Gasteiger charge is -2.05. The van der Waals surface area contributed by atoms with Crippen LogP contribution in [0.4, 0.5) is 18.9 Å². The van der Waals surface area contributed by atoms with E-state index in [1.165, 1.54) is 12.4 Å². The van der Waals surface area contributed by atoms with Gasteiger partial charge in [-0.15, -0.1) is 12.4 Å². The number of alkyl halides is 3. The minimum absolute atomic E-state index is 0. The second-order valence-electron chi connectivity index (χ2n) is 4.50.